The molecule has 2 aromatic rings. The maximum Gasteiger partial charge on any atom is 0.258 e. The molecule has 0 unspecified atom stereocenters. The Kier molecular flexibility index (Phi) is 4.49. The first kappa shape index (κ1) is 14.8. The molecule has 3 rings (SSSR count). The molecule has 0 radical (unpaired) electrons. The van der Waals surface area contributed by atoms with Gasteiger partial charge >= 0.3 is 0 Å². The molecule has 1 aromatic carbocycles. The summed E-state index contributed by atoms with van der Waals surface area (Å²) < 4.78 is 5.24. The zero-order valence-corrected chi connectivity index (χ0v) is 13.0. The highest BCUT2D eigenvalue weighted by Gasteiger charge is 2.36. The number of rotatable bonds is 4. The first-order valence-electron chi connectivity index (χ1n) is 6.81. The van der Waals surface area contributed by atoms with Crippen molar-refractivity contribution in [2.24, 2.45) is 0 Å². The third-order valence-electron chi connectivity index (χ3n) is 3.49. The van der Waals surface area contributed by atoms with Crippen LogP contribution < -0.4 is 5.32 Å². The van der Waals surface area contributed by atoms with Gasteiger partial charge < -0.3 is 14.9 Å². The van der Waals surface area contributed by atoms with E-state index in [0.717, 1.165) is 18.0 Å². The smallest absolute Gasteiger partial charge is 0.258 e. The van der Waals surface area contributed by atoms with Crippen LogP contribution in [0.4, 0.5) is 0 Å². The van der Waals surface area contributed by atoms with Gasteiger partial charge in [-0.3, -0.25) is 0 Å². The Morgan fingerprint density at radius 1 is 1.33 bits per heavy atom. The molecule has 0 saturated carbocycles. The van der Waals surface area contributed by atoms with Crippen molar-refractivity contribution in [1.82, 2.24) is 15.5 Å². The van der Waals surface area contributed by atoms with Gasteiger partial charge in [0.25, 0.3) is 5.89 Å². The van der Waals surface area contributed by atoms with Crippen LogP contribution in [-0.2, 0) is 11.4 Å². The molecule has 1 aromatic heterocycles. The highest BCUT2D eigenvalue weighted by Crippen LogP contribution is 2.31. The average molecular weight is 326 g/mol. The lowest BCUT2D eigenvalue weighted by Gasteiger charge is -2.28. The van der Waals surface area contributed by atoms with Crippen molar-refractivity contribution in [3.63, 3.8) is 0 Å². The predicted molar refractivity (Wildman–Crippen MR) is 81.3 cm³/mol. The van der Waals surface area contributed by atoms with Crippen molar-refractivity contribution >= 4 is 23.4 Å². The van der Waals surface area contributed by atoms with Crippen LogP contribution in [0.25, 0.3) is 0 Å². The number of nitrogens with one attached hydrogen (secondary N) is 1. The summed E-state index contributed by atoms with van der Waals surface area (Å²) >= 11 is 7.66. The van der Waals surface area contributed by atoms with Gasteiger partial charge in [-0.2, -0.15) is 4.98 Å². The molecule has 2 heterocycles. The Morgan fingerprint density at radius 2 is 2.10 bits per heavy atom. The molecule has 112 valence electrons. The van der Waals surface area contributed by atoms with E-state index in [4.69, 9.17) is 16.1 Å². The topological polar surface area (TPSA) is 71.2 Å². The molecule has 1 fully saturated rings. The SMILES string of the molecule is OC1(c2nc(CSc3ccccc3Cl)no2)CCNCC1. The zero-order valence-electron chi connectivity index (χ0n) is 11.4. The summed E-state index contributed by atoms with van der Waals surface area (Å²) in [5, 5.41) is 18.4. The molecule has 0 amide bonds. The van der Waals surface area contributed by atoms with Crippen molar-refractivity contribution in [2.75, 3.05) is 13.1 Å². The van der Waals surface area contributed by atoms with Crippen LogP contribution in [0, 0.1) is 0 Å². The number of halogens is 1. The van der Waals surface area contributed by atoms with Crippen molar-refractivity contribution in [2.45, 2.75) is 29.1 Å². The van der Waals surface area contributed by atoms with Gasteiger partial charge in [0.1, 0.15) is 5.60 Å². The second kappa shape index (κ2) is 6.36. The monoisotopic (exact) mass is 325 g/mol. The first-order chi connectivity index (χ1) is 10.2. The Labute approximate surface area is 132 Å². The summed E-state index contributed by atoms with van der Waals surface area (Å²) in [5.41, 5.74) is -0.994. The van der Waals surface area contributed by atoms with Crippen LogP contribution in [0.15, 0.2) is 33.7 Å². The second-order valence-corrected chi connectivity index (χ2v) is 6.44. The lowest BCUT2D eigenvalue weighted by molar-refractivity contribution is -0.0228. The maximum atomic E-state index is 10.5. The van der Waals surface area contributed by atoms with Gasteiger partial charge in [-0.05, 0) is 38.1 Å². The van der Waals surface area contributed by atoms with Crippen LogP contribution in [-0.4, -0.2) is 28.3 Å². The summed E-state index contributed by atoms with van der Waals surface area (Å²) in [5.74, 6) is 1.45. The van der Waals surface area contributed by atoms with Crippen LogP contribution >= 0.6 is 23.4 Å². The van der Waals surface area contributed by atoms with Gasteiger partial charge in [0.2, 0.25) is 0 Å². The molecule has 1 aliphatic rings. The van der Waals surface area contributed by atoms with E-state index in [0.29, 0.717) is 35.3 Å². The van der Waals surface area contributed by atoms with Crippen LogP contribution in [0.5, 0.6) is 0 Å². The molecular weight excluding hydrogens is 310 g/mol. The first-order valence-corrected chi connectivity index (χ1v) is 8.17. The number of hydrogen-bond donors (Lipinski definition) is 2. The largest absolute Gasteiger partial charge is 0.380 e. The molecule has 2 N–H and O–H groups in total. The number of piperidine rings is 1. The highest BCUT2D eigenvalue weighted by molar-refractivity contribution is 7.98. The molecule has 0 atom stereocenters. The number of nitrogens with zero attached hydrogens (tertiary/aromatic N) is 2. The minimum atomic E-state index is -0.994. The van der Waals surface area contributed by atoms with E-state index in [1.165, 1.54) is 0 Å². The van der Waals surface area contributed by atoms with Crippen molar-refractivity contribution in [1.29, 1.82) is 0 Å². The number of thioether (sulfide) groups is 1. The van der Waals surface area contributed by atoms with Crippen molar-refractivity contribution in [3.05, 3.63) is 41.0 Å². The minimum absolute atomic E-state index is 0.318. The average Bonchev–Trinajstić information content (AvgIpc) is 2.97. The number of hydrogen-bond acceptors (Lipinski definition) is 6. The second-order valence-electron chi connectivity index (χ2n) is 5.02. The van der Waals surface area contributed by atoms with Gasteiger partial charge in [-0.1, -0.05) is 28.9 Å². The normalized spacial score (nSPS) is 17.8. The Bertz CT molecular complexity index is 614. The molecule has 1 saturated heterocycles. The summed E-state index contributed by atoms with van der Waals surface area (Å²) in [6, 6.07) is 7.64. The van der Waals surface area contributed by atoms with Gasteiger partial charge in [0.15, 0.2) is 5.82 Å². The number of aliphatic hydroxyl groups is 1. The molecule has 21 heavy (non-hydrogen) atoms. The molecule has 5 nitrogen and oxygen atoms in total. The molecule has 0 aliphatic carbocycles. The molecule has 1 aliphatic heterocycles. The van der Waals surface area contributed by atoms with Gasteiger partial charge in [0, 0.05) is 4.90 Å². The fourth-order valence-corrected chi connectivity index (χ4v) is 3.34. The Balaban J connectivity index is 1.67. The van der Waals surface area contributed by atoms with Crippen molar-refractivity contribution < 1.29 is 9.63 Å². The van der Waals surface area contributed by atoms with E-state index in [9.17, 15) is 5.11 Å². The van der Waals surface area contributed by atoms with E-state index in [1.807, 2.05) is 24.3 Å². The molecule has 7 heteroatoms. The summed E-state index contributed by atoms with van der Waals surface area (Å²) in [7, 11) is 0. The number of benzene rings is 1. The van der Waals surface area contributed by atoms with E-state index in [-0.39, 0.29) is 0 Å². The summed E-state index contributed by atoms with van der Waals surface area (Å²) in [4.78, 5) is 5.31. The summed E-state index contributed by atoms with van der Waals surface area (Å²) in [6.07, 6.45) is 1.18. The third-order valence-corrected chi connectivity index (χ3v) is 5.00. The van der Waals surface area contributed by atoms with Crippen LogP contribution in [0.3, 0.4) is 0 Å². The Morgan fingerprint density at radius 3 is 2.86 bits per heavy atom. The number of aromatic nitrogens is 2. The zero-order chi connectivity index (χ0) is 14.7. The minimum Gasteiger partial charge on any atom is -0.380 e. The van der Waals surface area contributed by atoms with Crippen LogP contribution in [0.2, 0.25) is 5.02 Å². The van der Waals surface area contributed by atoms with Crippen molar-refractivity contribution in [3.8, 4) is 0 Å². The lowest BCUT2D eigenvalue weighted by atomic mass is 9.92. The van der Waals surface area contributed by atoms with Crippen LogP contribution in [0.1, 0.15) is 24.6 Å². The third kappa shape index (κ3) is 3.40. The lowest BCUT2D eigenvalue weighted by Crippen LogP contribution is -2.39. The Hall–Kier alpha value is -1.08. The maximum absolute atomic E-state index is 10.5. The van der Waals surface area contributed by atoms with Gasteiger partial charge in [0.05, 0.1) is 10.8 Å². The molecular formula is C14H16ClN3O2S. The molecule has 0 spiro atoms. The van der Waals surface area contributed by atoms with E-state index < -0.39 is 5.60 Å². The fraction of sp³-hybridized carbons (Fsp3) is 0.429. The van der Waals surface area contributed by atoms with E-state index >= 15 is 0 Å². The summed E-state index contributed by atoms with van der Waals surface area (Å²) in [6.45, 7) is 1.51. The van der Waals surface area contributed by atoms with Gasteiger partial charge in [-0.25, -0.2) is 0 Å². The fourth-order valence-electron chi connectivity index (χ4n) is 2.26. The van der Waals surface area contributed by atoms with E-state index in [2.05, 4.69) is 15.5 Å². The molecule has 0 bridgehead atoms. The standard InChI is InChI=1S/C14H16ClN3O2S/c15-10-3-1-2-4-11(10)21-9-12-17-13(20-18-12)14(19)5-7-16-8-6-14/h1-4,16,19H,5-9H2. The highest BCUT2D eigenvalue weighted by atomic mass is 35.5. The predicted octanol–water partition coefficient (Wildman–Crippen LogP) is 2.59. The van der Waals surface area contributed by atoms with E-state index in [1.54, 1.807) is 11.8 Å². The van der Waals surface area contributed by atoms with Gasteiger partial charge in [-0.15, -0.1) is 11.8 Å². The quantitative estimate of drug-likeness (QED) is 0.842.